The molecule has 0 fully saturated rings. The van der Waals surface area contributed by atoms with Crippen LogP contribution in [0.3, 0.4) is 0 Å². The Balaban J connectivity index is 2.15. The van der Waals surface area contributed by atoms with E-state index in [0.717, 1.165) is 29.4 Å². The SMILES string of the molecule is CCC(O)(CC)CSc1nnc(-c2ccc(Cl)cc2)n1C. The molecule has 0 unspecified atom stereocenters. The van der Waals surface area contributed by atoms with Gasteiger partial charge in [0, 0.05) is 23.4 Å². The summed E-state index contributed by atoms with van der Waals surface area (Å²) in [7, 11) is 1.93. The molecule has 4 nitrogen and oxygen atoms in total. The second-order valence-electron chi connectivity index (χ2n) is 5.09. The Labute approximate surface area is 134 Å². The monoisotopic (exact) mass is 325 g/mol. The van der Waals surface area contributed by atoms with Crippen molar-refractivity contribution in [1.82, 2.24) is 14.8 Å². The Morgan fingerprint density at radius 2 is 1.81 bits per heavy atom. The highest BCUT2D eigenvalue weighted by Crippen LogP contribution is 2.28. The molecule has 1 N–H and O–H groups in total. The zero-order chi connectivity index (χ0) is 15.5. The van der Waals surface area contributed by atoms with Crippen LogP contribution in [0, 0.1) is 0 Å². The van der Waals surface area contributed by atoms with E-state index in [9.17, 15) is 5.11 Å². The highest BCUT2D eigenvalue weighted by Gasteiger charge is 2.23. The molecule has 1 heterocycles. The molecule has 0 saturated heterocycles. The molecule has 0 radical (unpaired) electrons. The third-order valence-electron chi connectivity index (χ3n) is 3.72. The van der Waals surface area contributed by atoms with Crippen LogP contribution in [0.1, 0.15) is 26.7 Å². The van der Waals surface area contributed by atoms with Gasteiger partial charge in [0.05, 0.1) is 5.60 Å². The predicted molar refractivity (Wildman–Crippen MR) is 87.7 cm³/mol. The van der Waals surface area contributed by atoms with Gasteiger partial charge in [-0.25, -0.2) is 0 Å². The van der Waals surface area contributed by atoms with E-state index in [2.05, 4.69) is 10.2 Å². The third-order valence-corrected chi connectivity index (χ3v) is 5.27. The molecule has 0 aliphatic carbocycles. The van der Waals surface area contributed by atoms with Crippen LogP contribution in [0.5, 0.6) is 0 Å². The minimum Gasteiger partial charge on any atom is -0.389 e. The van der Waals surface area contributed by atoms with Gasteiger partial charge in [-0.1, -0.05) is 37.2 Å². The zero-order valence-electron chi connectivity index (χ0n) is 12.5. The van der Waals surface area contributed by atoms with Crippen LogP contribution in [-0.4, -0.2) is 31.2 Å². The van der Waals surface area contributed by atoms with Crippen molar-refractivity contribution in [3.63, 3.8) is 0 Å². The van der Waals surface area contributed by atoms with Crippen LogP contribution in [0.15, 0.2) is 29.4 Å². The van der Waals surface area contributed by atoms with E-state index in [0.29, 0.717) is 10.8 Å². The van der Waals surface area contributed by atoms with Crippen molar-refractivity contribution in [2.45, 2.75) is 37.4 Å². The first-order valence-electron chi connectivity index (χ1n) is 6.99. The van der Waals surface area contributed by atoms with Crippen molar-refractivity contribution >= 4 is 23.4 Å². The molecule has 0 amide bonds. The molecule has 0 spiro atoms. The van der Waals surface area contributed by atoms with E-state index >= 15 is 0 Å². The van der Waals surface area contributed by atoms with E-state index in [-0.39, 0.29) is 0 Å². The number of benzene rings is 1. The maximum absolute atomic E-state index is 10.3. The number of aliphatic hydroxyl groups is 1. The highest BCUT2D eigenvalue weighted by molar-refractivity contribution is 7.99. The summed E-state index contributed by atoms with van der Waals surface area (Å²) in [4.78, 5) is 0. The molecule has 0 saturated carbocycles. The second kappa shape index (κ2) is 6.81. The fourth-order valence-electron chi connectivity index (χ4n) is 1.94. The Morgan fingerprint density at radius 3 is 2.38 bits per heavy atom. The van der Waals surface area contributed by atoms with E-state index in [1.165, 1.54) is 11.8 Å². The third kappa shape index (κ3) is 3.78. The molecule has 21 heavy (non-hydrogen) atoms. The van der Waals surface area contributed by atoms with E-state index in [1.54, 1.807) is 0 Å². The lowest BCUT2D eigenvalue weighted by Gasteiger charge is -2.24. The van der Waals surface area contributed by atoms with Gasteiger partial charge in [0.2, 0.25) is 0 Å². The standard InChI is InChI=1S/C15H20ClN3OS/c1-4-15(20,5-2)10-21-14-18-17-13(19(14)3)11-6-8-12(16)9-7-11/h6-9,20H,4-5,10H2,1-3H3. The summed E-state index contributed by atoms with van der Waals surface area (Å²) in [6.45, 7) is 4.00. The first-order valence-corrected chi connectivity index (χ1v) is 8.36. The van der Waals surface area contributed by atoms with Gasteiger partial charge in [0.1, 0.15) is 0 Å². The fourth-order valence-corrected chi connectivity index (χ4v) is 3.25. The topological polar surface area (TPSA) is 50.9 Å². The van der Waals surface area contributed by atoms with Gasteiger partial charge in [-0.05, 0) is 37.1 Å². The minimum atomic E-state index is -0.642. The number of thioether (sulfide) groups is 1. The molecule has 0 aliphatic heterocycles. The maximum Gasteiger partial charge on any atom is 0.191 e. The van der Waals surface area contributed by atoms with Crippen molar-refractivity contribution in [2.75, 3.05) is 5.75 Å². The molecule has 1 aromatic carbocycles. The van der Waals surface area contributed by atoms with E-state index in [4.69, 9.17) is 11.6 Å². The summed E-state index contributed by atoms with van der Waals surface area (Å²) < 4.78 is 1.94. The number of nitrogens with zero attached hydrogens (tertiary/aromatic N) is 3. The average Bonchev–Trinajstić information content (AvgIpc) is 2.87. The first-order chi connectivity index (χ1) is 9.99. The fraction of sp³-hybridized carbons (Fsp3) is 0.467. The van der Waals surface area contributed by atoms with Crippen molar-refractivity contribution in [3.05, 3.63) is 29.3 Å². The van der Waals surface area contributed by atoms with E-state index in [1.807, 2.05) is 49.7 Å². The number of halogens is 1. The van der Waals surface area contributed by atoms with Crippen LogP contribution >= 0.6 is 23.4 Å². The molecule has 0 aliphatic rings. The number of hydrogen-bond acceptors (Lipinski definition) is 4. The molecule has 0 atom stereocenters. The van der Waals surface area contributed by atoms with Crippen LogP contribution in [0.4, 0.5) is 0 Å². The summed E-state index contributed by atoms with van der Waals surface area (Å²) >= 11 is 7.44. The van der Waals surface area contributed by atoms with Crippen LogP contribution in [-0.2, 0) is 7.05 Å². The van der Waals surface area contributed by atoms with Crippen LogP contribution in [0.2, 0.25) is 5.02 Å². The van der Waals surface area contributed by atoms with Crippen molar-refractivity contribution in [3.8, 4) is 11.4 Å². The first kappa shape index (κ1) is 16.3. The van der Waals surface area contributed by atoms with Crippen LogP contribution < -0.4 is 0 Å². The maximum atomic E-state index is 10.3. The van der Waals surface area contributed by atoms with Gasteiger partial charge in [-0.2, -0.15) is 0 Å². The lowest BCUT2D eigenvalue weighted by atomic mass is 10.0. The van der Waals surface area contributed by atoms with E-state index < -0.39 is 5.60 Å². The summed E-state index contributed by atoms with van der Waals surface area (Å²) in [6, 6.07) is 7.53. The summed E-state index contributed by atoms with van der Waals surface area (Å²) in [5.74, 6) is 1.41. The average molecular weight is 326 g/mol. The van der Waals surface area contributed by atoms with Gasteiger partial charge < -0.3 is 9.67 Å². The van der Waals surface area contributed by atoms with Gasteiger partial charge >= 0.3 is 0 Å². The molecular formula is C15H20ClN3OS. The Bertz CT molecular complexity index is 593. The summed E-state index contributed by atoms with van der Waals surface area (Å²) in [5, 5.41) is 20.3. The normalized spacial score (nSPS) is 11.9. The second-order valence-corrected chi connectivity index (χ2v) is 6.47. The summed E-state index contributed by atoms with van der Waals surface area (Å²) in [5.41, 5.74) is 0.333. The zero-order valence-corrected chi connectivity index (χ0v) is 14.1. The Morgan fingerprint density at radius 1 is 1.19 bits per heavy atom. The lowest BCUT2D eigenvalue weighted by molar-refractivity contribution is 0.0571. The Hall–Kier alpha value is -1.04. The van der Waals surface area contributed by atoms with Gasteiger partial charge in [-0.15, -0.1) is 10.2 Å². The van der Waals surface area contributed by atoms with Gasteiger partial charge in [-0.3, -0.25) is 0 Å². The molecule has 2 rings (SSSR count). The molecular weight excluding hydrogens is 306 g/mol. The van der Waals surface area contributed by atoms with Crippen LogP contribution in [0.25, 0.3) is 11.4 Å². The molecule has 114 valence electrons. The highest BCUT2D eigenvalue weighted by atomic mass is 35.5. The quantitative estimate of drug-likeness (QED) is 0.821. The molecule has 1 aromatic heterocycles. The van der Waals surface area contributed by atoms with Crippen molar-refractivity contribution < 1.29 is 5.11 Å². The predicted octanol–water partition coefficient (Wildman–Crippen LogP) is 3.78. The van der Waals surface area contributed by atoms with Gasteiger partial charge in [0.25, 0.3) is 0 Å². The summed E-state index contributed by atoms with van der Waals surface area (Å²) in [6.07, 6.45) is 1.47. The smallest absolute Gasteiger partial charge is 0.191 e. The molecule has 0 bridgehead atoms. The van der Waals surface area contributed by atoms with Gasteiger partial charge in [0.15, 0.2) is 11.0 Å². The minimum absolute atomic E-state index is 0.618. The van der Waals surface area contributed by atoms with Crippen molar-refractivity contribution in [1.29, 1.82) is 0 Å². The number of aromatic nitrogens is 3. The lowest BCUT2D eigenvalue weighted by Crippen LogP contribution is -2.29. The molecule has 2 aromatic rings. The Kier molecular flexibility index (Phi) is 5.30. The number of rotatable bonds is 6. The largest absolute Gasteiger partial charge is 0.389 e. The molecule has 6 heteroatoms. The van der Waals surface area contributed by atoms with Crippen molar-refractivity contribution in [2.24, 2.45) is 7.05 Å². The number of hydrogen-bond donors (Lipinski definition) is 1.